The molecule has 0 saturated heterocycles. The molecule has 0 aliphatic rings. The Morgan fingerprint density at radius 3 is 2.12 bits per heavy atom. The molecule has 7 nitrogen and oxygen atoms in total. The average molecular weight is 466 g/mol. The van der Waals surface area contributed by atoms with E-state index in [0.29, 0.717) is 22.5 Å². The van der Waals surface area contributed by atoms with Crippen molar-refractivity contribution in [2.24, 2.45) is 0 Å². The molecular weight excluding hydrogens is 438 g/mol. The van der Waals surface area contributed by atoms with Crippen LogP contribution in [0.4, 0.5) is 11.4 Å². The number of nitrogens with one attached hydrogen (secondary N) is 2. The Kier molecular flexibility index (Phi) is 7.50. The number of nitrogens with zero attached hydrogens (tertiary/aromatic N) is 1. The van der Waals surface area contributed by atoms with Gasteiger partial charge in [-0.2, -0.15) is 0 Å². The number of hydrogen-bond acceptors (Lipinski definition) is 4. The van der Waals surface area contributed by atoms with Crippen LogP contribution in [0.1, 0.15) is 41.0 Å². The van der Waals surface area contributed by atoms with E-state index in [-0.39, 0.29) is 16.8 Å². The highest BCUT2D eigenvalue weighted by Gasteiger charge is 2.21. The number of benzene rings is 3. The predicted octanol–water partition coefficient (Wildman–Crippen LogP) is 4.29. The number of rotatable bonds is 8. The summed E-state index contributed by atoms with van der Waals surface area (Å²) in [5.74, 6) is -0.665. The van der Waals surface area contributed by atoms with E-state index in [2.05, 4.69) is 10.6 Å². The zero-order valence-corrected chi connectivity index (χ0v) is 19.6. The number of sulfonamides is 1. The van der Waals surface area contributed by atoms with Gasteiger partial charge >= 0.3 is 0 Å². The van der Waals surface area contributed by atoms with Crippen LogP contribution in [0.3, 0.4) is 0 Å². The highest BCUT2D eigenvalue weighted by molar-refractivity contribution is 7.92. The molecule has 0 bridgehead atoms. The first-order valence-electron chi connectivity index (χ1n) is 10.6. The van der Waals surface area contributed by atoms with Gasteiger partial charge in [0.15, 0.2) is 0 Å². The lowest BCUT2D eigenvalue weighted by Crippen LogP contribution is -2.32. The summed E-state index contributed by atoms with van der Waals surface area (Å²) >= 11 is 0. The van der Waals surface area contributed by atoms with E-state index in [1.54, 1.807) is 66.7 Å². The molecule has 0 aliphatic heterocycles. The number of carbonyl (C=O) groups excluding carboxylic acids is 2. The predicted molar refractivity (Wildman–Crippen MR) is 130 cm³/mol. The molecule has 3 rings (SSSR count). The van der Waals surface area contributed by atoms with E-state index < -0.39 is 15.9 Å². The van der Waals surface area contributed by atoms with Crippen molar-refractivity contribution >= 4 is 33.2 Å². The monoisotopic (exact) mass is 465 g/mol. The quantitative estimate of drug-likeness (QED) is 0.519. The zero-order chi connectivity index (χ0) is 24.0. The minimum absolute atomic E-state index is 0.0120. The fourth-order valence-corrected chi connectivity index (χ4v) is 4.32. The van der Waals surface area contributed by atoms with Gasteiger partial charge in [-0.15, -0.1) is 0 Å². The van der Waals surface area contributed by atoms with Crippen molar-refractivity contribution in [3.05, 3.63) is 90.0 Å². The van der Waals surface area contributed by atoms with Crippen molar-refractivity contribution in [1.82, 2.24) is 5.32 Å². The molecule has 8 heteroatoms. The standard InChI is InChI=1S/C25H27N3O4S/c1-4-18(2)26-25(30)22-12-8-9-13-23(22)27-24(29)19-14-16-20(17-15-19)28(3)33(31,32)21-10-6-5-7-11-21/h5-18H,4H2,1-3H3,(H,26,30)(H,27,29)/t18-/m0/s1. The summed E-state index contributed by atoms with van der Waals surface area (Å²) in [6, 6.07) is 21.2. The van der Waals surface area contributed by atoms with E-state index in [1.165, 1.54) is 23.5 Å². The molecule has 3 aromatic rings. The van der Waals surface area contributed by atoms with Gasteiger partial charge in [0.1, 0.15) is 0 Å². The molecule has 2 N–H and O–H groups in total. The van der Waals surface area contributed by atoms with Gasteiger partial charge in [-0.1, -0.05) is 37.3 Å². The van der Waals surface area contributed by atoms with Crippen LogP contribution < -0.4 is 14.9 Å². The van der Waals surface area contributed by atoms with Gasteiger partial charge in [0.2, 0.25) is 0 Å². The summed E-state index contributed by atoms with van der Waals surface area (Å²) in [5.41, 5.74) is 1.53. The summed E-state index contributed by atoms with van der Waals surface area (Å²) in [6.45, 7) is 3.89. The Labute approximate surface area is 194 Å². The third-order valence-electron chi connectivity index (χ3n) is 5.30. The third-order valence-corrected chi connectivity index (χ3v) is 7.10. The van der Waals surface area contributed by atoms with Crippen molar-refractivity contribution < 1.29 is 18.0 Å². The number of anilines is 2. The Morgan fingerprint density at radius 1 is 0.879 bits per heavy atom. The molecule has 33 heavy (non-hydrogen) atoms. The first-order valence-corrected chi connectivity index (χ1v) is 12.0. The van der Waals surface area contributed by atoms with Crippen LogP contribution in [0.5, 0.6) is 0 Å². The molecule has 3 aromatic carbocycles. The van der Waals surface area contributed by atoms with Gasteiger partial charge in [-0.25, -0.2) is 8.42 Å². The van der Waals surface area contributed by atoms with Crippen molar-refractivity contribution in [1.29, 1.82) is 0 Å². The van der Waals surface area contributed by atoms with Crippen molar-refractivity contribution in [2.45, 2.75) is 31.2 Å². The Balaban J connectivity index is 1.76. The molecule has 0 unspecified atom stereocenters. The van der Waals surface area contributed by atoms with E-state index in [1.807, 2.05) is 13.8 Å². The normalized spacial score (nSPS) is 12.0. The number of amides is 2. The van der Waals surface area contributed by atoms with Crippen LogP contribution in [-0.4, -0.2) is 33.3 Å². The maximum atomic E-state index is 12.8. The third kappa shape index (κ3) is 5.59. The lowest BCUT2D eigenvalue weighted by Gasteiger charge is -2.20. The average Bonchev–Trinajstić information content (AvgIpc) is 2.84. The molecular formula is C25H27N3O4S. The van der Waals surface area contributed by atoms with Gasteiger partial charge in [0, 0.05) is 18.7 Å². The Bertz CT molecular complexity index is 1230. The molecule has 172 valence electrons. The van der Waals surface area contributed by atoms with Crippen LogP contribution in [0, 0.1) is 0 Å². The minimum Gasteiger partial charge on any atom is -0.350 e. The van der Waals surface area contributed by atoms with Crippen molar-refractivity contribution in [3.63, 3.8) is 0 Å². The van der Waals surface area contributed by atoms with Crippen LogP contribution >= 0.6 is 0 Å². The van der Waals surface area contributed by atoms with Gasteiger partial charge in [0.25, 0.3) is 21.8 Å². The lowest BCUT2D eigenvalue weighted by atomic mass is 10.1. The summed E-state index contributed by atoms with van der Waals surface area (Å²) in [6.07, 6.45) is 0.793. The fourth-order valence-electron chi connectivity index (χ4n) is 3.10. The molecule has 0 fully saturated rings. The highest BCUT2D eigenvalue weighted by atomic mass is 32.2. The first kappa shape index (κ1) is 24.0. The van der Waals surface area contributed by atoms with E-state index in [4.69, 9.17) is 0 Å². The molecule has 0 aliphatic carbocycles. The maximum absolute atomic E-state index is 12.8. The molecule has 0 aromatic heterocycles. The topological polar surface area (TPSA) is 95.6 Å². The van der Waals surface area contributed by atoms with Crippen LogP contribution in [0.15, 0.2) is 83.8 Å². The second-order valence-corrected chi connectivity index (χ2v) is 9.58. The number of hydrogen-bond donors (Lipinski definition) is 2. The zero-order valence-electron chi connectivity index (χ0n) is 18.8. The SMILES string of the molecule is CC[C@H](C)NC(=O)c1ccccc1NC(=O)c1ccc(N(C)S(=O)(=O)c2ccccc2)cc1. The molecule has 2 amide bonds. The van der Waals surface area contributed by atoms with Gasteiger partial charge < -0.3 is 10.6 Å². The Morgan fingerprint density at radius 2 is 1.48 bits per heavy atom. The summed E-state index contributed by atoms with van der Waals surface area (Å²) < 4.78 is 26.8. The van der Waals surface area contributed by atoms with Gasteiger partial charge in [-0.3, -0.25) is 13.9 Å². The summed E-state index contributed by atoms with van der Waals surface area (Å²) in [5, 5.41) is 5.67. The van der Waals surface area contributed by atoms with Crippen molar-refractivity contribution in [2.75, 3.05) is 16.7 Å². The molecule has 0 heterocycles. The highest BCUT2D eigenvalue weighted by Crippen LogP contribution is 2.23. The van der Waals surface area contributed by atoms with Gasteiger partial charge in [0.05, 0.1) is 21.8 Å². The number of carbonyl (C=O) groups is 2. The largest absolute Gasteiger partial charge is 0.350 e. The Hall–Kier alpha value is -3.65. The van der Waals surface area contributed by atoms with E-state index in [9.17, 15) is 18.0 Å². The van der Waals surface area contributed by atoms with E-state index >= 15 is 0 Å². The molecule has 0 radical (unpaired) electrons. The van der Waals surface area contributed by atoms with Crippen LogP contribution in [0.2, 0.25) is 0 Å². The van der Waals surface area contributed by atoms with Crippen LogP contribution in [-0.2, 0) is 10.0 Å². The smallest absolute Gasteiger partial charge is 0.264 e. The van der Waals surface area contributed by atoms with Crippen LogP contribution in [0.25, 0.3) is 0 Å². The number of para-hydroxylation sites is 1. The second kappa shape index (κ2) is 10.3. The second-order valence-electron chi connectivity index (χ2n) is 7.61. The summed E-state index contributed by atoms with van der Waals surface area (Å²) in [4.78, 5) is 25.5. The summed E-state index contributed by atoms with van der Waals surface area (Å²) in [7, 11) is -2.25. The van der Waals surface area contributed by atoms with E-state index in [0.717, 1.165) is 6.42 Å². The lowest BCUT2D eigenvalue weighted by molar-refractivity contribution is 0.0940. The molecule has 1 atom stereocenters. The first-order chi connectivity index (χ1) is 15.7. The maximum Gasteiger partial charge on any atom is 0.264 e. The minimum atomic E-state index is -3.71. The van der Waals surface area contributed by atoms with Gasteiger partial charge in [-0.05, 0) is 61.9 Å². The molecule has 0 saturated carbocycles. The molecule has 0 spiro atoms. The van der Waals surface area contributed by atoms with Crippen molar-refractivity contribution in [3.8, 4) is 0 Å². The fraction of sp³-hybridized carbons (Fsp3) is 0.200.